The van der Waals surface area contributed by atoms with Crippen molar-refractivity contribution in [2.75, 3.05) is 50.1 Å². The Morgan fingerprint density at radius 2 is 1.91 bits per heavy atom. The van der Waals surface area contributed by atoms with Crippen LogP contribution in [-0.2, 0) is 9.53 Å². The lowest BCUT2D eigenvalue weighted by Crippen LogP contribution is -2.37. The van der Waals surface area contributed by atoms with Crippen molar-refractivity contribution in [1.29, 1.82) is 0 Å². The molecule has 0 aliphatic carbocycles. The smallest absolute Gasteiger partial charge is 0.227 e. The van der Waals surface area contributed by atoms with Crippen LogP contribution in [0.5, 0.6) is 5.75 Å². The topological polar surface area (TPSA) is 88.6 Å². The van der Waals surface area contributed by atoms with E-state index in [4.69, 9.17) is 9.47 Å². The van der Waals surface area contributed by atoms with Gasteiger partial charge >= 0.3 is 0 Å². The molecule has 0 unspecified atom stereocenters. The molecule has 0 radical (unpaired) electrons. The van der Waals surface area contributed by atoms with Crippen LogP contribution in [0, 0.1) is 0 Å². The highest BCUT2D eigenvalue weighted by molar-refractivity contribution is 5.88. The highest BCUT2D eigenvalue weighted by Crippen LogP contribution is 2.23. The maximum Gasteiger partial charge on any atom is 0.227 e. The van der Waals surface area contributed by atoms with E-state index in [9.17, 15) is 4.79 Å². The van der Waals surface area contributed by atoms with E-state index in [2.05, 4.69) is 25.5 Å². The molecule has 1 aliphatic rings. The third kappa shape index (κ3) is 7.00. The highest BCUT2D eigenvalue weighted by Gasteiger charge is 2.09. The second-order valence-electron chi connectivity index (χ2n) is 7.83. The Kier molecular flexibility index (Phi) is 7.84. The summed E-state index contributed by atoms with van der Waals surface area (Å²) in [6.45, 7) is 6.81. The van der Waals surface area contributed by atoms with Crippen LogP contribution < -0.4 is 15.4 Å². The molecule has 0 atom stereocenters. The van der Waals surface area contributed by atoms with Crippen LogP contribution >= 0.6 is 0 Å². The van der Waals surface area contributed by atoms with Crippen molar-refractivity contribution < 1.29 is 14.3 Å². The van der Waals surface area contributed by atoms with E-state index >= 15 is 0 Å². The van der Waals surface area contributed by atoms with E-state index in [0.717, 1.165) is 67.7 Å². The molecule has 8 heteroatoms. The summed E-state index contributed by atoms with van der Waals surface area (Å²) in [6.07, 6.45) is 2.70. The number of ether oxygens (including phenoxy) is 2. The fourth-order valence-corrected chi connectivity index (χ4v) is 3.60. The maximum absolute atomic E-state index is 11.2. The molecule has 1 aliphatic heterocycles. The van der Waals surface area contributed by atoms with Gasteiger partial charge in [-0.3, -0.25) is 9.69 Å². The average Bonchev–Trinajstić information content (AvgIpc) is 2.83. The van der Waals surface area contributed by atoms with Crippen LogP contribution in [0.25, 0.3) is 11.3 Å². The van der Waals surface area contributed by atoms with E-state index < -0.39 is 0 Å². The minimum absolute atomic E-state index is 0.0976. The van der Waals surface area contributed by atoms with Crippen LogP contribution in [0.1, 0.15) is 13.3 Å². The molecule has 4 rings (SSSR count). The number of amides is 1. The second-order valence-corrected chi connectivity index (χ2v) is 7.83. The molecule has 1 amide bonds. The second kappa shape index (κ2) is 11.4. The average molecular weight is 448 g/mol. The molecule has 2 N–H and O–H groups in total. The monoisotopic (exact) mass is 447 g/mol. The lowest BCUT2D eigenvalue weighted by molar-refractivity contribution is -0.114. The summed E-state index contributed by atoms with van der Waals surface area (Å²) in [5, 5.41) is 6.02. The SMILES string of the molecule is CC(=O)Nc1ccc(-c2ccnc(Nc3cccc(OCCCN4CCOCC4)c3)n2)cc1. The minimum Gasteiger partial charge on any atom is -0.493 e. The van der Waals surface area contributed by atoms with Crippen molar-refractivity contribution in [3.63, 3.8) is 0 Å². The van der Waals surface area contributed by atoms with Crippen LogP contribution in [-0.4, -0.2) is 60.2 Å². The van der Waals surface area contributed by atoms with Gasteiger partial charge < -0.3 is 20.1 Å². The van der Waals surface area contributed by atoms with E-state index in [1.54, 1.807) is 6.20 Å². The lowest BCUT2D eigenvalue weighted by atomic mass is 10.1. The van der Waals surface area contributed by atoms with Crippen molar-refractivity contribution in [3.8, 4) is 17.0 Å². The Hall–Kier alpha value is -3.49. The summed E-state index contributed by atoms with van der Waals surface area (Å²) in [4.78, 5) is 22.6. The van der Waals surface area contributed by atoms with Gasteiger partial charge in [0.15, 0.2) is 0 Å². The van der Waals surface area contributed by atoms with Gasteiger partial charge in [0.25, 0.3) is 0 Å². The van der Waals surface area contributed by atoms with Crippen molar-refractivity contribution in [3.05, 3.63) is 60.8 Å². The number of morpholine rings is 1. The Morgan fingerprint density at radius 3 is 2.70 bits per heavy atom. The van der Waals surface area contributed by atoms with Crippen molar-refractivity contribution in [1.82, 2.24) is 14.9 Å². The molecule has 0 spiro atoms. The molecule has 0 saturated carbocycles. The number of benzene rings is 2. The zero-order valence-corrected chi connectivity index (χ0v) is 18.8. The third-order valence-corrected chi connectivity index (χ3v) is 5.24. The van der Waals surface area contributed by atoms with Gasteiger partial charge in [-0.2, -0.15) is 0 Å². The van der Waals surface area contributed by atoms with E-state index in [1.807, 2.05) is 54.6 Å². The molecule has 2 aromatic carbocycles. The van der Waals surface area contributed by atoms with E-state index in [1.165, 1.54) is 6.92 Å². The fourth-order valence-electron chi connectivity index (χ4n) is 3.60. The molecule has 0 bridgehead atoms. The molecule has 1 aromatic heterocycles. The lowest BCUT2D eigenvalue weighted by Gasteiger charge is -2.26. The Labute approximate surface area is 194 Å². The predicted molar refractivity (Wildman–Crippen MR) is 129 cm³/mol. The number of carbonyl (C=O) groups excluding carboxylic acids is 1. The quantitative estimate of drug-likeness (QED) is 0.480. The molecule has 33 heavy (non-hydrogen) atoms. The van der Waals surface area contributed by atoms with E-state index in [-0.39, 0.29) is 5.91 Å². The fraction of sp³-hybridized carbons (Fsp3) is 0.320. The number of hydrogen-bond acceptors (Lipinski definition) is 7. The Morgan fingerprint density at radius 1 is 1.09 bits per heavy atom. The molecule has 8 nitrogen and oxygen atoms in total. The molecular weight excluding hydrogens is 418 g/mol. The number of carbonyl (C=O) groups is 1. The number of nitrogens with zero attached hydrogens (tertiary/aromatic N) is 3. The van der Waals surface area contributed by atoms with Crippen LogP contribution in [0.15, 0.2) is 60.8 Å². The number of aromatic nitrogens is 2. The van der Waals surface area contributed by atoms with E-state index in [0.29, 0.717) is 12.6 Å². The Bertz CT molecular complexity index is 1050. The van der Waals surface area contributed by atoms with Crippen LogP contribution in [0.2, 0.25) is 0 Å². The number of nitrogens with one attached hydrogen (secondary N) is 2. The van der Waals surface area contributed by atoms with Crippen LogP contribution in [0.4, 0.5) is 17.3 Å². The summed E-state index contributed by atoms with van der Waals surface area (Å²) >= 11 is 0. The molecule has 2 heterocycles. The Balaban J connectivity index is 1.32. The normalized spacial score (nSPS) is 14.0. The molecule has 1 fully saturated rings. The zero-order chi connectivity index (χ0) is 22.9. The van der Waals surface area contributed by atoms with Gasteiger partial charge in [-0.25, -0.2) is 9.97 Å². The largest absolute Gasteiger partial charge is 0.493 e. The first-order valence-electron chi connectivity index (χ1n) is 11.2. The zero-order valence-electron chi connectivity index (χ0n) is 18.8. The third-order valence-electron chi connectivity index (χ3n) is 5.24. The van der Waals surface area contributed by atoms with Gasteiger partial charge in [-0.1, -0.05) is 18.2 Å². The first-order chi connectivity index (χ1) is 16.2. The van der Waals surface area contributed by atoms with Gasteiger partial charge in [-0.05, 0) is 36.8 Å². The van der Waals surface area contributed by atoms with Crippen LogP contribution in [0.3, 0.4) is 0 Å². The first-order valence-corrected chi connectivity index (χ1v) is 11.2. The summed E-state index contributed by atoms with van der Waals surface area (Å²) in [5.41, 5.74) is 3.34. The number of hydrogen-bond donors (Lipinski definition) is 2. The van der Waals surface area contributed by atoms with Gasteiger partial charge in [0.2, 0.25) is 11.9 Å². The van der Waals surface area contributed by atoms with Gasteiger partial charge in [-0.15, -0.1) is 0 Å². The molecule has 172 valence electrons. The summed E-state index contributed by atoms with van der Waals surface area (Å²) in [5.74, 6) is 1.22. The first kappa shape index (κ1) is 22.7. The standard InChI is InChI=1S/C25H29N5O3/c1-19(31)27-21-8-6-20(7-9-21)24-10-11-26-25(29-24)28-22-4-2-5-23(18-22)33-15-3-12-30-13-16-32-17-14-30/h2,4-11,18H,3,12-17H2,1H3,(H,27,31)(H,26,28,29). The molecule has 1 saturated heterocycles. The molecule has 3 aromatic rings. The highest BCUT2D eigenvalue weighted by atomic mass is 16.5. The minimum atomic E-state index is -0.0976. The van der Waals surface area contributed by atoms with Crippen molar-refractivity contribution in [2.45, 2.75) is 13.3 Å². The predicted octanol–water partition coefficient (Wildman–Crippen LogP) is 3.95. The maximum atomic E-state index is 11.2. The van der Waals surface area contributed by atoms with Crippen molar-refractivity contribution >= 4 is 23.2 Å². The summed E-state index contributed by atoms with van der Waals surface area (Å²) in [6, 6.07) is 17.2. The molecular formula is C25H29N5O3. The van der Waals surface area contributed by atoms with Gasteiger partial charge in [0.05, 0.1) is 25.5 Å². The van der Waals surface area contributed by atoms with Crippen molar-refractivity contribution in [2.24, 2.45) is 0 Å². The van der Waals surface area contributed by atoms with Gasteiger partial charge in [0.1, 0.15) is 5.75 Å². The number of rotatable bonds is 9. The number of anilines is 3. The summed E-state index contributed by atoms with van der Waals surface area (Å²) in [7, 11) is 0. The summed E-state index contributed by atoms with van der Waals surface area (Å²) < 4.78 is 11.3. The van der Waals surface area contributed by atoms with Gasteiger partial charge in [0, 0.05) is 55.8 Å².